The van der Waals surface area contributed by atoms with Crippen molar-refractivity contribution in [1.82, 2.24) is 9.88 Å². The fraction of sp³-hybridized carbons (Fsp3) is 0.158. The van der Waals surface area contributed by atoms with Crippen LogP contribution in [0.15, 0.2) is 60.0 Å². The molecule has 0 aliphatic rings. The molecule has 3 rings (SSSR count). The summed E-state index contributed by atoms with van der Waals surface area (Å²) in [4.78, 5) is 18.7. The minimum absolute atomic E-state index is 0.0525. The van der Waals surface area contributed by atoms with E-state index in [0.717, 1.165) is 21.8 Å². The Kier molecular flexibility index (Phi) is 4.91. The van der Waals surface area contributed by atoms with Crippen molar-refractivity contribution in [2.24, 2.45) is 0 Å². The molecule has 2 aromatic carbocycles. The number of nitrogen functional groups attached to an aromatic ring is 1. The lowest BCUT2D eigenvalue weighted by atomic mass is 10.2. The van der Waals surface area contributed by atoms with E-state index in [1.54, 1.807) is 4.90 Å². The molecule has 0 atom stereocenters. The van der Waals surface area contributed by atoms with Gasteiger partial charge in [0.05, 0.1) is 12.1 Å². The van der Waals surface area contributed by atoms with Gasteiger partial charge in [0, 0.05) is 30.2 Å². The van der Waals surface area contributed by atoms with E-state index >= 15 is 0 Å². The molecule has 122 valence electrons. The molecule has 0 saturated carbocycles. The quantitative estimate of drug-likeness (QED) is 0.724. The standard InChI is InChI=1S/C19H19N3OS/c1-22(12-14-7-3-2-4-8-14)18(23)11-15-13-24-19(21-15)16-9-5-6-10-17(16)20/h2-10,13H,11-12,20H2,1H3. The average molecular weight is 337 g/mol. The van der Waals surface area contributed by atoms with Crippen molar-refractivity contribution < 1.29 is 4.79 Å². The van der Waals surface area contributed by atoms with Crippen LogP contribution in [0, 0.1) is 0 Å². The smallest absolute Gasteiger partial charge is 0.228 e. The van der Waals surface area contributed by atoms with Gasteiger partial charge in [0.2, 0.25) is 5.91 Å². The number of nitrogens with zero attached hydrogens (tertiary/aromatic N) is 2. The van der Waals surface area contributed by atoms with Crippen molar-refractivity contribution in [3.05, 3.63) is 71.2 Å². The van der Waals surface area contributed by atoms with Crippen LogP contribution < -0.4 is 5.73 Å². The van der Waals surface area contributed by atoms with Gasteiger partial charge in [0.1, 0.15) is 5.01 Å². The summed E-state index contributed by atoms with van der Waals surface area (Å²) in [6, 6.07) is 17.6. The molecule has 5 heteroatoms. The van der Waals surface area contributed by atoms with E-state index in [2.05, 4.69) is 4.98 Å². The van der Waals surface area contributed by atoms with Gasteiger partial charge in [-0.1, -0.05) is 42.5 Å². The second kappa shape index (κ2) is 7.27. The summed E-state index contributed by atoms with van der Waals surface area (Å²) in [6.45, 7) is 0.600. The molecule has 1 aromatic heterocycles. The maximum Gasteiger partial charge on any atom is 0.228 e. The number of thiazole rings is 1. The topological polar surface area (TPSA) is 59.2 Å². The number of anilines is 1. The molecule has 2 N–H and O–H groups in total. The number of aromatic nitrogens is 1. The van der Waals surface area contributed by atoms with Gasteiger partial charge in [-0.25, -0.2) is 4.98 Å². The molecule has 0 aliphatic carbocycles. The first kappa shape index (κ1) is 16.2. The summed E-state index contributed by atoms with van der Waals surface area (Å²) in [5, 5.41) is 2.78. The van der Waals surface area contributed by atoms with E-state index in [1.807, 2.05) is 67.0 Å². The second-order valence-electron chi connectivity index (χ2n) is 5.64. The van der Waals surface area contributed by atoms with E-state index in [0.29, 0.717) is 18.7 Å². The summed E-state index contributed by atoms with van der Waals surface area (Å²) in [5.41, 5.74) is 9.50. The predicted octanol–water partition coefficient (Wildman–Crippen LogP) is 3.59. The van der Waals surface area contributed by atoms with Crippen molar-refractivity contribution in [1.29, 1.82) is 0 Å². The summed E-state index contributed by atoms with van der Waals surface area (Å²) in [5.74, 6) is 0.0525. The van der Waals surface area contributed by atoms with Crippen molar-refractivity contribution in [2.45, 2.75) is 13.0 Å². The Hall–Kier alpha value is -2.66. The van der Waals surface area contributed by atoms with E-state index in [4.69, 9.17) is 5.73 Å². The Balaban J connectivity index is 1.66. The monoisotopic (exact) mass is 337 g/mol. The third kappa shape index (κ3) is 3.81. The molecule has 0 bridgehead atoms. The minimum Gasteiger partial charge on any atom is -0.398 e. The van der Waals surface area contributed by atoms with Gasteiger partial charge in [-0.05, 0) is 17.7 Å². The van der Waals surface area contributed by atoms with Gasteiger partial charge in [-0.15, -0.1) is 11.3 Å². The average Bonchev–Trinajstić information content (AvgIpc) is 3.04. The summed E-state index contributed by atoms with van der Waals surface area (Å²) in [7, 11) is 1.82. The lowest BCUT2D eigenvalue weighted by Gasteiger charge is -2.16. The largest absolute Gasteiger partial charge is 0.398 e. The molecular weight excluding hydrogens is 318 g/mol. The Morgan fingerprint density at radius 2 is 1.83 bits per heavy atom. The number of rotatable bonds is 5. The number of amides is 1. The first-order chi connectivity index (χ1) is 11.6. The highest BCUT2D eigenvalue weighted by atomic mass is 32.1. The zero-order valence-corrected chi connectivity index (χ0v) is 14.3. The molecule has 1 heterocycles. The van der Waals surface area contributed by atoms with Crippen LogP contribution in [0.4, 0.5) is 5.69 Å². The molecule has 0 spiro atoms. The van der Waals surface area contributed by atoms with E-state index in [-0.39, 0.29) is 5.91 Å². The molecule has 24 heavy (non-hydrogen) atoms. The molecule has 3 aromatic rings. The Bertz CT molecular complexity index is 829. The molecule has 0 aliphatic heterocycles. The first-order valence-electron chi connectivity index (χ1n) is 7.70. The molecule has 1 amide bonds. The Morgan fingerprint density at radius 3 is 2.58 bits per heavy atom. The maximum atomic E-state index is 12.4. The zero-order valence-electron chi connectivity index (χ0n) is 13.5. The van der Waals surface area contributed by atoms with Crippen LogP contribution in [0.5, 0.6) is 0 Å². The number of hydrogen-bond acceptors (Lipinski definition) is 4. The van der Waals surface area contributed by atoms with Crippen molar-refractivity contribution in [3.8, 4) is 10.6 Å². The van der Waals surface area contributed by atoms with Crippen LogP contribution in [-0.2, 0) is 17.8 Å². The van der Waals surface area contributed by atoms with Crippen molar-refractivity contribution in [2.75, 3.05) is 12.8 Å². The van der Waals surface area contributed by atoms with Crippen LogP contribution in [0.1, 0.15) is 11.3 Å². The van der Waals surface area contributed by atoms with Gasteiger partial charge >= 0.3 is 0 Å². The highest BCUT2D eigenvalue weighted by Crippen LogP contribution is 2.28. The van der Waals surface area contributed by atoms with Crippen LogP contribution in [0.3, 0.4) is 0 Å². The number of benzene rings is 2. The molecule has 0 radical (unpaired) electrons. The van der Waals surface area contributed by atoms with Crippen LogP contribution in [-0.4, -0.2) is 22.8 Å². The lowest BCUT2D eigenvalue weighted by Crippen LogP contribution is -2.27. The second-order valence-corrected chi connectivity index (χ2v) is 6.50. The zero-order chi connectivity index (χ0) is 16.9. The van der Waals surface area contributed by atoms with Crippen molar-refractivity contribution in [3.63, 3.8) is 0 Å². The first-order valence-corrected chi connectivity index (χ1v) is 8.58. The number of hydrogen-bond donors (Lipinski definition) is 1. The molecular formula is C19H19N3OS. The van der Waals surface area contributed by atoms with Gasteiger partial charge < -0.3 is 10.6 Å². The fourth-order valence-electron chi connectivity index (χ4n) is 2.44. The normalized spacial score (nSPS) is 10.5. The number of para-hydroxylation sites is 1. The summed E-state index contributed by atoms with van der Waals surface area (Å²) in [6.07, 6.45) is 0.298. The molecule has 4 nitrogen and oxygen atoms in total. The number of likely N-dealkylation sites (N-methyl/N-ethyl adjacent to an activating group) is 1. The number of nitrogens with two attached hydrogens (primary N) is 1. The van der Waals surface area contributed by atoms with E-state index < -0.39 is 0 Å². The van der Waals surface area contributed by atoms with E-state index in [9.17, 15) is 4.79 Å². The predicted molar refractivity (Wildman–Crippen MR) is 98.6 cm³/mol. The Labute approximate surface area is 145 Å². The Morgan fingerprint density at radius 1 is 1.12 bits per heavy atom. The van der Waals surface area contributed by atoms with Crippen molar-refractivity contribution >= 4 is 22.9 Å². The number of carbonyl (C=O) groups is 1. The highest BCUT2D eigenvalue weighted by molar-refractivity contribution is 7.13. The third-order valence-corrected chi connectivity index (χ3v) is 4.69. The van der Waals surface area contributed by atoms with Gasteiger partial charge in [-0.3, -0.25) is 4.79 Å². The summed E-state index contributed by atoms with van der Waals surface area (Å²) < 4.78 is 0. The van der Waals surface area contributed by atoms with Gasteiger partial charge in [0.25, 0.3) is 0 Å². The van der Waals surface area contributed by atoms with Crippen LogP contribution in [0.25, 0.3) is 10.6 Å². The summed E-state index contributed by atoms with van der Waals surface area (Å²) >= 11 is 1.51. The lowest BCUT2D eigenvalue weighted by molar-refractivity contribution is -0.129. The fourth-order valence-corrected chi connectivity index (χ4v) is 3.31. The molecule has 0 unspecified atom stereocenters. The minimum atomic E-state index is 0.0525. The molecule has 0 saturated heterocycles. The molecule has 0 fully saturated rings. The van der Waals surface area contributed by atoms with Crippen LogP contribution in [0.2, 0.25) is 0 Å². The SMILES string of the molecule is CN(Cc1ccccc1)C(=O)Cc1csc(-c2ccccc2N)n1. The third-order valence-electron chi connectivity index (χ3n) is 3.76. The maximum absolute atomic E-state index is 12.4. The van der Waals surface area contributed by atoms with Gasteiger partial charge in [0.15, 0.2) is 0 Å². The van der Waals surface area contributed by atoms with E-state index in [1.165, 1.54) is 11.3 Å². The number of carbonyl (C=O) groups excluding carboxylic acids is 1. The highest BCUT2D eigenvalue weighted by Gasteiger charge is 2.14. The van der Waals surface area contributed by atoms with Crippen LogP contribution >= 0.6 is 11.3 Å². The van der Waals surface area contributed by atoms with Gasteiger partial charge in [-0.2, -0.15) is 0 Å².